The lowest BCUT2D eigenvalue weighted by Gasteiger charge is -1.86. The van der Waals surface area contributed by atoms with Crippen LogP contribution < -0.4 is 4.91 Å². The zero-order valence-electron chi connectivity index (χ0n) is 5.15. The summed E-state index contributed by atoms with van der Waals surface area (Å²) in [6, 6.07) is 6.25. The van der Waals surface area contributed by atoms with Crippen LogP contribution in [-0.2, 0) is 0 Å². The van der Waals surface area contributed by atoms with Crippen LogP contribution in [0.25, 0.3) is 0 Å². The lowest BCUT2D eigenvalue weighted by molar-refractivity contribution is 0.475. The van der Waals surface area contributed by atoms with E-state index in [4.69, 9.17) is 10.6 Å². The van der Waals surface area contributed by atoms with Crippen molar-refractivity contribution in [3.8, 4) is 5.75 Å². The lowest BCUT2D eigenvalue weighted by atomic mass is 10.3. The summed E-state index contributed by atoms with van der Waals surface area (Å²) < 4.78 is 0. The van der Waals surface area contributed by atoms with Crippen molar-refractivity contribution in [3.63, 3.8) is 0 Å². The molecule has 1 aromatic rings. The van der Waals surface area contributed by atoms with Gasteiger partial charge in [0.1, 0.15) is 11.3 Å². The second-order valence-electron chi connectivity index (χ2n) is 1.72. The Morgan fingerprint density at radius 1 is 1.50 bits per heavy atom. The van der Waals surface area contributed by atoms with Crippen molar-refractivity contribution in [2.45, 2.75) is 0 Å². The summed E-state index contributed by atoms with van der Waals surface area (Å²) in [4.78, 5) is 2.81. The predicted octanol–water partition coefficient (Wildman–Crippen LogP) is 1.57. The molecule has 0 aliphatic rings. The molecule has 0 aliphatic carbocycles. The van der Waals surface area contributed by atoms with Crippen LogP contribution in [0.4, 0.5) is 5.69 Å². The van der Waals surface area contributed by atoms with Gasteiger partial charge in [0.2, 0.25) is 4.91 Å². The van der Waals surface area contributed by atoms with E-state index in [2.05, 4.69) is 10.0 Å². The van der Waals surface area contributed by atoms with Gasteiger partial charge in [-0.2, -0.15) is 0 Å². The highest BCUT2D eigenvalue weighted by molar-refractivity contribution is 5.41. The van der Waals surface area contributed by atoms with Crippen LogP contribution in [-0.4, -0.2) is 5.11 Å². The van der Waals surface area contributed by atoms with Gasteiger partial charge in [-0.3, -0.25) is 0 Å². The molecule has 4 heteroatoms. The van der Waals surface area contributed by atoms with Gasteiger partial charge in [-0.15, -0.1) is 0 Å². The summed E-state index contributed by atoms with van der Waals surface area (Å²) in [7, 11) is 0. The monoisotopic (exact) mass is 136 g/mol. The molecule has 0 saturated heterocycles. The maximum Gasteiger partial charge on any atom is 0.220 e. The Morgan fingerprint density at radius 3 is 2.90 bits per heavy atom. The van der Waals surface area contributed by atoms with Crippen molar-refractivity contribution in [2.75, 3.05) is 0 Å². The van der Waals surface area contributed by atoms with Crippen LogP contribution in [0.3, 0.4) is 0 Å². The van der Waals surface area contributed by atoms with Crippen LogP contribution in [0.15, 0.2) is 29.4 Å². The van der Waals surface area contributed by atoms with Crippen molar-refractivity contribution in [2.24, 2.45) is 5.11 Å². The molecule has 0 bridgehead atoms. The predicted molar refractivity (Wildman–Crippen MR) is 35.0 cm³/mol. The summed E-state index contributed by atoms with van der Waals surface area (Å²) in [5, 5.41) is 12.3. The van der Waals surface area contributed by atoms with Gasteiger partial charge < -0.3 is 5.11 Å². The van der Waals surface area contributed by atoms with E-state index in [0.29, 0.717) is 5.69 Å². The SMILES string of the molecule is N=[N+]=Nc1cccc(O)c1. The first-order chi connectivity index (χ1) is 4.83. The zero-order chi connectivity index (χ0) is 7.40. The van der Waals surface area contributed by atoms with Gasteiger partial charge in [-0.05, 0) is 12.1 Å². The number of nitrogens with one attached hydrogen (secondary N) is 1. The Balaban J connectivity index is 3.06. The maximum absolute atomic E-state index is 8.88. The number of hydrogen-bond donors (Lipinski definition) is 2. The molecular formula is C6H6N3O+. The lowest BCUT2D eigenvalue weighted by Crippen LogP contribution is -1.64. The van der Waals surface area contributed by atoms with Gasteiger partial charge in [0.05, 0.1) is 0 Å². The Kier molecular flexibility index (Phi) is 1.78. The van der Waals surface area contributed by atoms with Crippen LogP contribution >= 0.6 is 0 Å². The van der Waals surface area contributed by atoms with Gasteiger partial charge in [-0.1, -0.05) is 6.07 Å². The van der Waals surface area contributed by atoms with Crippen LogP contribution in [0.5, 0.6) is 5.75 Å². The van der Waals surface area contributed by atoms with Crippen LogP contribution in [0, 0.1) is 5.53 Å². The third-order valence-corrected chi connectivity index (χ3v) is 0.995. The van der Waals surface area contributed by atoms with E-state index in [1.807, 2.05) is 0 Å². The van der Waals surface area contributed by atoms with Crippen molar-refractivity contribution >= 4 is 5.69 Å². The smallest absolute Gasteiger partial charge is 0.220 e. The minimum absolute atomic E-state index is 0.130. The summed E-state index contributed by atoms with van der Waals surface area (Å²) in [6.07, 6.45) is 0. The standard InChI is InChI=1S/C6H5N3O/c7-9-8-5-2-1-3-6(10)4-5/h1-4,7H/p+1. The molecule has 0 amide bonds. The number of phenolic OH excluding ortho intramolecular Hbond substituents is 1. The first-order valence-corrected chi connectivity index (χ1v) is 2.69. The molecule has 10 heavy (non-hydrogen) atoms. The number of rotatable bonds is 1. The fraction of sp³-hybridized carbons (Fsp3) is 0. The highest BCUT2D eigenvalue weighted by Gasteiger charge is 1.94. The van der Waals surface area contributed by atoms with Gasteiger partial charge in [-0.25, -0.2) is 0 Å². The van der Waals surface area contributed by atoms with Crippen LogP contribution in [0.1, 0.15) is 0 Å². The van der Waals surface area contributed by atoms with E-state index in [1.54, 1.807) is 12.1 Å². The summed E-state index contributed by atoms with van der Waals surface area (Å²) >= 11 is 0. The molecule has 0 unspecified atom stereocenters. The van der Waals surface area contributed by atoms with Gasteiger partial charge >= 0.3 is 0 Å². The molecular weight excluding hydrogens is 130 g/mol. The first kappa shape index (κ1) is 6.45. The molecule has 0 heterocycles. The Hall–Kier alpha value is -1.67. The van der Waals surface area contributed by atoms with E-state index in [9.17, 15) is 0 Å². The second kappa shape index (κ2) is 2.75. The van der Waals surface area contributed by atoms with E-state index in [-0.39, 0.29) is 5.75 Å². The average molecular weight is 136 g/mol. The van der Waals surface area contributed by atoms with Gasteiger partial charge in [0, 0.05) is 6.07 Å². The van der Waals surface area contributed by atoms with E-state index in [0.717, 1.165) is 0 Å². The molecule has 50 valence electrons. The van der Waals surface area contributed by atoms with E-state index >= 15 is 0 Å². The molecule has 0 spiro atoms. The minimum atomic E-state index is 0.130. The number of aromatic hydroxyl groups is 1. The Bertz CT molecular complexity index is 278. The normalized spacial score (nSPS) is 8.40. The van der Waals surface area contributed by atoms with Crippen molar-refractivity contribution in [1.29, 1.82) is 5.53 Å². The minimum Gasteiger partial charge on any atom is -0.508 e. The third kappa shape index (κ3) is 1.40. The fourth-order valence-electron chi connectivity index (χ4n) is 0.613. The quantitative estimate of drug-likeness (QED) is 0.446. The first-order valence-electron chi connectivity index (χ1n) is 2.69. The number of benzene rings is 1. The molecule has 0 atom stereocenters. The summed E-state index contributed by atoms with van der Waals surface area (Å²) in [5.74, 6) is 0.130. The molecule has 0 aromatic heterocycles. The maximum atomic E-state index is 8.88. The van der Waals surface area contributed by atoms with E-state index in [1.165, 1.54) is 12.1 Å². The molecule has 0 aliphatic heterocycles. The zero-order valence-corrected chi connectivity index (χ0v) is 5.15. The Morgan fingerprint density at radius 2 is 2.30 bits per heavy atom. The van der Waals surface area contributed by atoms with Gasteiger partial charge in [0.25, 0.3) is 0 Å². The molecule has 1 aromatic carbocycles. The Labute approximate surface area is 57.4 Å². The van der Waals surface area contributed by atoms with Crippen molar-refractivity contribution < 1.29 is 5.11 Å². The third-order valence-electron chi connectivity index (χ3n) is 0.995. The average Bonchev–Trinajstić information content (AvgIpc) is 1.88. The molecule has 0 fully saturated rings. The number of hydrogen-bond acceptors (Lipinski definition) is 3. The molecule has 0 radical (unpaired) electrons. The molecule has 1 rings (SSSR count). The topological polar surface area (TPSA) is 70.5 Å². The highest BCUT2D eigenvalue weighted by atomic mass is 16.3. The van der Waals surface area contributed by atoms with Crippen molar-refractivity contribution in [1.82, 2.24) is 4.91 Å². The van der Waals surface area contributed by atoms with Crippen molar-refractivity contribution in [3.05, 3.63) is 24.3 Å². The summed E-state index contributed by atoms with van der Waals surface area (Å²) in [6.45, 7) is 0. The fourth-order valence-corrected chi connectivity index (χ4v) is 0.613. The molecule has 4 nitrogen and oxygen atoms in total. The second-order valence-corrected chi connectivity index (χ2v) is 1.72. The highest BCUT2D eigenvalue weighted by Crippen LogP contribution is 2.16. The number of nitrogens with zero attached hydrogens (tertiary/aromatic N) is 2. The summed E-state index contributed by atoms with van der Waals surface area (Å²) in [5.41, 5.74) is 6.87. The van der Waals surface area contributed by atoms with Crippen LogP contribution in [0.2, 0.25) is 0 Å². The number of phenols is 1. The molecule has 0 saturated carbocycles. The van der Waals surface area contributed by atoms with E-state index < -0.39 is 0 Å². The molecule has 2 N–H and O–H groups in total. The van der Waals surface area contributed by atoms with Gasteiger partial charge in [0.15, 0.2) is 10.8 Å². The largest absolute Gasteiger partial charge is 0.508 e.